The van der Waals surface area contributed by atoms with Crippen LogP contribution in [0.4, 0.5) is 21.6 Å². The van der Waals surface area contributed by atoms with E-state index in [0.29, 0.717) is 34.4 Å². The van der Waals surface area contributed by atoms with Crippen LogP contribution in [0.2, 0.25) is 5.02 Å². The Labute approximate surface area is 185 Å². The first-order chi connectivity index (χ1) is 14.9. The molecule has 158 valence electrons. The van der Waals surface area contributed by atoms with E-state index in [0.717, 1.165) is 25.1 Å². The number of rotatable bonds is 3. The van der Waals surface area contributed by atoms with Crippen LogP contribution in [0.3, 0.4) is 0 Å². The van der Waals surface area contributed by atoms with Crippen molar-refractivity contribution in [2.75, 3.05) is 24.1 Å². The molecule has 2 aliphatic rings. The minimum atomic E-state index is -0.531. The van der Waals surface area contributed by atoms with Gasteiger partial charge in [-0.25, -0.2) is 14.4 Å². The van der Waals surface area contributed by atoms with Gasteiger partial charge in [-0.2, -0.15) is 0 Å². The summed E-state index contributed by atoms with van der Waals surface area (Å²) in [6.45, 7) is 6.61. The Kier molecular flexibility index (Phi) is 4.76. The van der Waals surface area contributed by atoms with Crippen molar-refractivity contribution in [1.29, 1.82) is 0 Å². The molecule has 1 aliphatic carbocycles. The maximum Gasteiger partial charge on any atom is 0.165 e. The van der Waals surface area contributed by atoms with Crippen LogP contribution in [0, 0.1) is 29.0 Å². The van der Waals surface area contributed by atoms with Crippen molar-refractivity contribution in [2.24, 2.45) is 11.3 Å². The highest BCUT2D eigenvalue weighted by Gasteiger charge is 2.59. The summed E-state index contributed by atoms with van der Waals surface area (Å²) in [6, 6.07) is 8.99. The van der Waals surface area contributed by atoms with Gasteiger partial charge in [-0.1, -0.05) is 29.5 Å². The van der Waals surface area contributed by atoms with E-state index < -0.39 is 5.82 Å². The molecule has 0 radical (unpaired) electrons. The molecule has 1 saturated carbocycles. The van der Waals surface area contributed by atoms with Crippen molar-refractivity contribution < 1.29 is 4.39 Å². The van der Waals surface area contributed by atoms with Gasteiger partial charge in [-0.3, -0.25) is 4.90 Å². The molecule has 2 atom stereocenters. The highest BCUT2D eigenvalue weighted by Crippen LogP contribution is 2.57. The highest BCUT2D eigenvalue weighted by molar-refractivity contribution is 6.31. The van der Waals surface area contributed by atoms with E-state index in [9.17, 15) is 4.39 Å². The van der Waals surface area contributed by atoms with E-state index in [1.165, 1.54) is 12.4 Å². The smallest absolute Gasteiger partial charge is 0.165 e. The summed E-state index contributed by atoms with van der Waals surface area (Å²) in [7, 11) is 0. The first kappa shape index (κ1) is 20.0. The first-order valence-corrected chi connectivity index (χ1v) is 10.8. The molecule has 2 aromatic carbocycles. The number of aromatic nitrogens is 2. The summed E-state index contributed by atoms with van der Waals surface area (Å²) in [5.41, 5.74) is 8.68. The second-order valence-corrected chi connectivity index (χ2v) is 9.14. The number of hydrogen-bond donors (Lipinski definition) is 2. The third kappa shape index (κ3) is 3.58. The SMILES string of the molecule is CC(C)N1C[C@@H]2C[C@]2(C#Cc2cc3ncnc(Nc4cccc(Cl)c4F)c3cc2N)C1. The fourth-order valence-electron chi connectivity index (χ4n) is 4.36. The second-order valence-electron chi connectivity index (χ2n) is 8.74. The van der Waals surface area contributed by atoms with Crippen molar-refractivity contribution in [2.45, 2.75) is 26.3 Å². The number of anilines is 3. The van der Waals surface area contributed by atoms with E-state index in [4.69, 9.17) is 17.3 Å². The highest BCUT2D eigenvalue weighted by atomic mass is 35.5. The predicted molar refractivity (Wildman–Crippen MR) is 123 cm³/mol. The minimum Gasteiger partial charge on any atom is -0.398 e. The van der Waals surface area contributed by atoms with Crippen LogP contribution >= 0.6 is 11.6 Å². The van der Waals surface area contributed by atoms with Crippen molar-refractivity contribution >= 4 is 39.7 Å². The van der Waals surface area contributed by atoms with Gasteiger partial charge in [0.2, 0.25) is 0 Å². The zero-order valence-electron chi connectivity index (χ0n) is 17.4. The number of nitrogens with one attached hydrogen (secondary N) is 1. The standard InChI is InChI=1S/C24H23ClFN5/c1-14(2)31-11-16-10-24(16,12-31)7-6-15-8-21-17(9-19(15)27)23(29-13-28-21)30-20-5-3-4-18(25)22(20)26/h3-5,8-9,13-14,16H,10-12,27H2,1-2H3,(H,28,29,30)/t16-,24+/m0/s1. The lowest BCUT2D eigenvalue weighted by Crippen LogP contribution is -2.31. The van der Waals surface area contributed by atoms with Crippen molar-refractivity contribution in [3.63, 3.8) is 0 Å². The molecule has 3 aromatic rings. The number of halogens is 2. The molecule has 1 saturated heterocycles. The van der Waals surface area contributed by atoms with Gasteiger partial charge in [0.25, 0.3) is 0 Å². The molecular weight excluding hydrogens is 413 g/mol. The summed E-state index contributed by atoms with van der Waals surface area (Å²) in [6.07, 6.45) is 2.60. The Morgan fingerprint density at radius 3 is 2.94 bits per heavy atom. The minimum absolute atomic E-state index is 0.0427. The lowest BCUT2D eigenvalue weighted by atomic mass is 10.0. The largest absolute Gasteiger partial charge is 0.398 e. The van der Waals surface area contributed by atoms with Gasteiger partial charge in [-0.15, -0.1) is 0 Å². The van der Waals surface area contributed by atoms with Gasteiger partial charge < -0.3 is 11.1 Å². The van der Waals surface area contributed by atoms with E-state index in [2.05, 4.69) is 45.9 Å². The van der Waals surface area contributed by atoms with Crippen LogP contribution in [-0.4, -0.2) is 34.0 Å². The Hall–Kier alpha value is -2.88. The first-order valence-electron chi connectivity index (χ1n) is 10.4. The number of nitrogen functional groups attached to an aromatic ring is 1. The third-order valence-electron chi connectivity index (χ3n) is 6.36. The molecule has 0 spiro atoms. The Morgan fingerprint density at radius 2 is 2.16 bits per heavy atom. The lowest BCUT2D eigenvalue weighted by Gasteiger charge is -2.22. The maximum absolute atomic E-state index is 14.3. The summed E-state index contributed by atoms with van der Waals surface area (Å²) < 4.78 is 14.3. The predicted octanol–water partition coefficient (Wildman–Crippen LogP) is 4.83. The van der Waals surface area contributed by atoms with Gasteiger partial charge in [0.15, 0.2) is 5.82 Å². The van der Waals surface area contributed by atoms with E-state index >= 15 is 0 Å². The molecule has 0 unspecified atom stereocenters. The second kappa shape index (κ2) is 7.37. The fraction of sp³-hybridized carbons (Fsp3) is 0.333. The van der Waals surface area contributed by atoms with Gasteiger partial charge >= 0.3 is 0 Å². The number of nitrogens with two attached hydrogens (primary N) is 1. The normalized spacial score (nSPS) is 22.3. The Balaban J connectivity index is 1.46. The van der Waals surface area contributed by atoms with Crippen LogP contribution in [0.1, 0.15) is 25.8 Å². The fourth-order valence-corrected chi connectivity index (χ4v) is 4.53. The quantitative estimate of drug-likeness (QED) is 0.455. The topological polar surface area (TPSA) is 67.1 Å². The van der Waals surface area contributed by atoms with Gasteiger partial charge in [0.1, 0.15) is 12.1 Å². The summed E-state index contributed by atoms with van der Waals surface area (Å²) in [5, 5.41) is 3.74. The Morgan fingerprint density at radius 1 is 1.32 bits per heavy atom. The maximum atomic E-state index is 14.3. The molecule has 3 N–H and O–H groups in total. The molecule has 31 heavy (non-hydrogen) atoms. The van der Waals surface area contributed by atoms with Gasteiger partial charge in [0, 0.05) is 41.2 Å². The number of fused-ring (bicyclic) bond motifs is 2. The van der Waals surface area contributed by atoms with Crippen molar-refractivity contribution in [3.8, 4) is 11.8 Å². The molecule has 1 aliphatic heterocycles. The molecule has 2 heterocycles. The van der Waals surface area contributed by atoms with Crippen molar-refractivity contribution in [3.05, 3.63) is 53.1 Å². The lowest BCUT2D eigenvalue weighted by molar-refractivity contribution is 0.241. The molecule has 0 bridgehead atoms. The van der Waals surface area contributed by atoms with Crippen LogP contribution in [0.25, 0.3) is 10.9 Å². The molecule has 5 nitrogen and oxygen atoms in total. The molecule has 7 heteroatoms. The van der Waals surface area contributed by atoms with Crippen LogP contribution in [-0.2, 0) is 0 Å². The molecule has 1 aromatic heterocycles. The summed E-state index contributed by atoms with van der Waals surface area (Å²) in [4.78, 5) is 11.1. The average Bonchev–Trinajstić information content (AvgIpc) is 3.29. The van der Waals surface area contributed by atoms with E-state index in [-0.39, 0.29) is 16.1 Å². The van der Waals surface area contributed by atoms with E-state index in [1.54, 1.807) is 18.2 Å². The summed E-state index contributed by atoms with van der Waals surface area (Å²) >= 11 is 5.89. The average molecular weight is 436 g/mol. The molecular formula is C24H23ClFN5. The van der Waals surface area contributed by atoms with E-state index in [1.807, 2.05) is 6.07 Å². The number of piperidine rings is 1. The van der Waals surface area contributed by atoms with Crippen molar-refractivity contribution in [1.82, 2.24) is 14.9 Å². The third-order valence-corrected chi connectivity index (χ3v) is 6.65. The zero-order chi connectivity index (χ0) is 21.8. The molecule has 5 rings (SSSR count). The van der Waals surface area contributed by atoms with Crippen LogP contribution in [0.15, 0.2) is 36.7 Å². The Bertz CT molecular complexity index is 1250. The number of benzene rings is 2. The number of nitrogens with zero attached hydrogens (tertiary/aromatic N) is 3. The summed E-state index contributed by atoms with van der Waals surface area (Å²) in [5.74, 6) is 7.42. The number of likely N-dealkylation sites (tertiary alicyclic amines) is 1. The van der Waals surface area contributed by atoms with Gasteiger partial charge in [0.05, 0.1) is 16.2 Å². The monoisotopic (exact) mass is 435 g/mol. The number of hydrogen-bond acceptors (Lipinski definition) is 5. The molecule has 0 amide bonds. The zero-order valence-corrected chi connectivity index (χ0v) is 18.2. The van der Waals surface area contributed by atoms with Gasteiger partial charge in [-0.05, 0) is 50.5 Å². The molecule has 2 fully saturated rings. The van der Waals surface area contributed by atoms with Crippen LogP contribution < -0.4 is 11.1 Å². The van der Waals surface area contributed by atoms with Crippen LogP contribution in [0.5, 0.6) is 0 Å².